The van der Waals surface area contributed by atoms with Crippen molar-refractivity contribution in [2.75, 3.05) is 0 Å². The van der Waals surface area contributed by atoms with E-state index < -0.39 is 0 Å². The lowest BCUT2D eigenvalue weighted by Crippen LogP contribution is -2.25. The van der Waals surface area contributed by atoms with E-state index in [1.54, 1.807) is 0 Å². The van der Waals surface area contributed by atoms with E-state index in [-0.39, 0.29) is 5.41 Å². The van der Waals surface area contributed by atoms with Gasteiger partial charge in [0, 0.05) is 11.8 Å². The average Bonchev–Trinajstić information content (AvgIpc) is 2.63. The molecule has 0 saturated carbocycles. The fraction of sp³-hybridized carbons (Fsp3) is 0.320. The molecule has 3 rings (SSSR count). The number of aromatic nitrogens is 1. The largest absolute Gasteiger partial charge is 0.256 e. The third kappa shape index (κ3) is 3.44. The molecule has 0 N–H and O–H groups in total. The Kier molecular flexibility index (Phi) is 5.00. The van der Waals surface area contributed by atoms with Crippen molar-refractivity contribution in [1.82, 2.24) is 4.98 Å². The summed E-state index contributed by atoms with van der Waals surface area (Å²) >= 11 is 0. The summed E-state index contributed by atoms with van der Waals surface area (Å²) in [7, 11) is 0. The monoisotopic (exact) mass is 343 g/mol. The van der Waals surface area contributed by atoms with Crippen molar-refractivity contribution >= 4 is 0 Å². The number of hydrogen-bond donors (Lipinski definition) is 0. The Bertz CT molecular complexity index is 919. The molecule has 1 heteroatoms. The van der Waals surface area contributed by atoms with Crippen LogP contribution < -0.4 is 0 Å². The Balaban J connectivity index is 2.15. The number of hydrogen-bond acceptors (Lipinski definition) is 1. The molecule has 0 aliphatic heterocycles. The van der Waals surface area contributed by atoms with Gasteiger partial charge in [0.05, 0.1) is 5.69 Å². The van der Waals surface area contributed by atoms with Gasteiger partial charge in [-0.05, 0) is 59.6 Å². The highest BCUT2D eigenvalue weighted by Crippen LogP contribution is 2.38. The average molecular weight is 344 g/mol. The minimum Gasteiger partial charge on any atom is -0.256 e. The number of pyridine rings is 1. The molecule has 1 nitrogen and oxygen atoms in total. The van der Waals surface area contributed by atoms with Crippen LogP contribution in [-0.2, 0) is 5.41 Å². The SMILES string of the molecule is Cc1ccc(C)c(-c2ccnc(-c3ccccc3C(C)(C)C(C)C)c2)c1. The number of aryl methyl sites for hydroxylation is 2. The van der Waals surface area contributed by atoms with Gasteiger partial charge in [0.1, 0.15) is 0 Å². The Labute approximate surface area is 158 Å². The fourth-order valence-electron chi connectivity index (χ4n) is 3.37. The molecule has 26 heavy (non-hydrogen) atoms. The summed E-state index contributed by atoms with van der Waals surface area (Å²) < 4.78 is 0. The van der Waals surface area contributed by atoms with E-state index >= 15 is 0 Å². The maximum absolute atomic E-state index is 4.72. The highest BCUT2D eigenvalue weighted by atomic mass is 14.7. The zero-order chi connectivity index (χ0) is 18.9. The van der Waals surface area contributed by atoms with Crippen LogP contribution in [0.15, 0.2) is 60.8 Å². The molecule has 0 amide bonds. The lowest BCUT2D eigenvalue weighted by Gasteiger charge is -2.32. The summed E-state index contributed by atoms with van der Waals surface area (Å²) in [6.07, 6.45) is 1.94. The van der Waals surface area contributed by atoms with Crippen LogP contribution in [-0.4, -0.2) is 4.98 Å². The van der Waals surface area contributed by atoms with Gasteiger partial charge in [-0.3, -0.25) is 4.98 Å². The van der Waals surface area contributed by atoms with E-state index in [1.807, 2.05) is 6.20 Å². The van der Waals surface area contributed by atoms with E-state index in [4.69, 9.17) is 4.98 Å². The lowest BCUT2D eigenvalue weighted by molar-refractivity contribution is 0.373. The van der Waals surface area contributed by atoms with Gasteiger partial charge in [0.2, 0.25) is 0 Å². The molecule has 0 fully saturated rings. The normalized spacial score (nSPS) is 11.8. The molecule has 0 saturated heterocycles. The smallest absolute Gasteiger partial charge is 0.0711 e. The first-order valence-corrected chi connectivity index (χ1v) is 9.44. The highest BCUT2D eigenvalue weighted by Gasteiger charge is 2.27. The Morgan fingerprint density at radius 1 is 0.846 bits per heavy atom. The van der Waals surface area contributed by atoms with E-state index in [0.717, 1.165) is 5.69 Å². The Hall–Kier alpha value is -2.41. The van der Waals surface area contributed by atoms with Gasteiger partial charge >= 0.3 is 0 Å². The first-order chi connectivity index (χ1) is 12.3. The Morgan fingerprint density at radius 3 is 2.31 bits per heavy atom. The van der Waals surface area contributed by atoms with Gasteiger partial charge in [-0.25, -0.2) is 0 Å². The quantitative estimate of drug-likeness (QED) is 0.498. The maximum Gasteiger partial charge on any atom is 0.0711 e. The van der Waals surface area contributed by atoms with Crippen LogP contribution in [0.4, 0.5) is 0 Å². The zero-order valence-corrected chi connectivity index (χ0v) is 16.8. The topological polar surface area (TPSA) is 12.9 Å². The van der Waals surface area contributed by atoms with Gasteiger partial charge in [0.15, 0.2) is 0 Å². The van der Waals surface area contributed by atoms with Gasteiger partial charge in [-0.15, -0.1) is 0 Å². The van der Waals surface area contributed by atoms with E-state index in [9.17, 15) is 0 Å². The van der Waals surface area contributed by atoms with Crippen LogP contribution in [0.5, 0.6) is 0 Å². The van der Waals surface area contributed by atoms with Gasteiger partial charge in [0.25, 0.3) is 0 Å². The zero-order valence-electron chi connectivity index (χ0n) is 16.8. The first kappa shape index (κ1) is 18.4. The van der Waals surface area contributed by atoms with Crippen molar-refractivity contribution in [3.8, 4) is 22.4 Å². The third-order valence-corrected chi connectivity index (χ3v) is 5.80. The lowest BCUT2D eigenvalue weighted by atomic mass is 9.73. The molecule has 0 aliphatic carbocycles. The van der Waals surface area contributed by atoms with E-state index in [1.165, 1.54) is 33.4 Å². The minimum atomic E-state index is 0.0908. The van der Waals surface area contributed by atoms with Crippen LogP contribution in [0.25, 0.3) is 22.4 Å². The summed E-state index contributed by atoms with van der Waals surface area (Å²) in [5.41, 5.74) is 8.83. The van der Waals surface area contributed by atoms with Crippen LogP contribution in [0.2, 0.25) is 0 Å². The molecule has 0 unspecified atom stereocenters. The second kappa shape index (κ2) is 7.07. The third-order valence-electron chi connectivity index (χ3n) is 5.80. The highest BCUT2D eigenvalue weighted by molar-refractivity contribution is 5.74. The maximum atomic E-state index is 4.72. The number of nitrogens with zero attached hydrogens (tertiary/aromatic N) is 1. The van der Waals surface area contributed by atoms with Crippen molar-refractivity contribution < 1.29 is 0 Å². The molecule has 0 radical (unpaired) electrons. The first-order valence-electron chi connectivity index (χ1n) is 9.44. The van der Waals surface area contributed by atoms with E-state index in [0.29, 0.717) is 5.92 Å². The molecule has 0 spiro atoms. The van der Waals surface area contributed by atoms with Crippen molar-refractivity contribution in [3.05, 3.63) is 77.5 Å². The number of benzene rings is 2. The molecule has 0 bridgehead atoms. The van der Waals surface area contributed by atoms with Gasteiger partial charge < -0.3 is 0 Å². The molecule has 0 aliphatic rings. The standard InChI is InChI=1S/C25H29N/c1-17(2)25(5,6)23-10-8-7-9-21(23)24-16-20(13-14-26-24)22-15-18(3)11-12-19(22)4/h7-17H,1-6H3. The van der Waals surface area contributed by atoms with Crippen LogP contribution in [0.3, 0.4) is 0 Å². The molecular weight excluding hydrogens is 314 g/mol. The summed E-state index contributed by atoms with van der Waals surface area (Å²) in [4.78, 5) is 4.72. The summed E-state index contributed by atoms with van der Waals surface area (Å²) in [6.45, 7) is 13.5. The molecule has 2 aromatic carbocycles. The summed E-state index contributed by atoms with van der Waals surface area (Å²) in [6, 6.07) is 19.7. The van der Waals surface area contributed by atoms with Crippen molar-refractivity contribution in [2.45, 2.75) is 47.0 Å². The molecular formula is C25H29N. The molecule has 1 heterocycles. The minimum absolute atomic E-state index is 0.0908. The van der Waals surface area contributed by atoms with Crippen LogP contribution >= 0.6 is 0 Å². The second-order valence-corrected chi connectivity index (χ2v) is 8.17. The summed E-state index contributed by atoms with van der Waals surface area (Å²) in [5.74, 6) is 0.547. The Morgan fingerprint density at radius 2 is 1.58 bits per heavy atom. The fourth-order valence-corrected chi connectivity index (χ4v) is 3.37. The predicted octanol–water partition coefficient (Wildman–Crippen LogP) is 6.97. The van der Waals surface area contributed by atoms with Crippen molar-refractivity contribution in [2.24, 2.45) is 5.92 Å². The van der Waals surface area contributed by atoms with E-state index in [2.05, 4.69) is 96.1 Å². The molecule has 0 atom stereocenters. The van der Waals surface area contributed by atoms with Crippen molar-refractivity contribution in [3.63, 3.8) is 0 Å². The van der Waals surface area contributed by atoms with Crippen LogP contribution in [0.1, 0.15) is 44.4 Å². The molecule has 3 aromatic rings. The molecule has 134 valence electrons. The molecule has 1 aromatic heterocycles. The predicted molar refractivity (Wildman–Crippen MR) is 112 cm³/mol. The van der Waals surface area contributed by atoms with Crippen LogP contribution in [0, 0.1) is 19.8 Å². The number of rotatable bonds is 4. The van der Waals surface area contributed by atoms with Gasteiger partial charge in [-0.2, -0.15) is 0 Å². The van der Waals surface area contributed by atoms with Gasteiger partial charge in [-0.1, -0.05) is 75.7 Å². The van der Waals surface area contributed by atoms with Crippen molar-refractivity contribution in [1.29, 1.82) is 0 Å². The summed E-state index contributed by atoms with van der Waals surface area (Å²) in [5, 5.41) is 0. The second-order valence-electron chi connectivity index (χ2n) is 8.17.